The van der Waals surface area contributed by atoms with Gasteiger partial charge in [0.1, 0.15) is 196 Å². The predicted molar refractivity (Wildman–Crippen MR) is 282 cm³/mol. The Morgan fingerprint density at radius 2 is 0.522 bits per heavy atom. The van der Waals surface area contributed by atoms with Gasteiger partial charge in [-0.3, -0.25) is 0 Å². The van der Waals surface area contributed by atoms with Crippen LogP contribution in [-0.2, 0) is 72.9 Å². The lowest BCUT2D eigenvalue weighted by molar-refractivity contribution is -0.707. The number of aryl methyl sites for hydroxylation is 3. The summed E-state index contributed by atoms with van der Waals surface area (Å²) < 4.78 is 85.6. The van der Waals surface area contributed by atoms with Crippen LogP contribution in [0, 0.1) is 20.8 Å². The molecule has 21 aliphatic heterocycles. The standard InChI is InChI=1S/C54H83N2O34/c1-16-6-17(2)26(18(3)7-16)56-5-4-55(15-56)8-19-41-27(63)34(70)48(77-19)85-42-20(9-57)79-50(36(72)29(42)65)87-44-22(11-59)81-52(38(74)31(44)67)89-46-24(13-61)83-54(40(76)33(46)69)90-47-25(14-62)82-53(39(75)32(47)68)88-45-23(12-60)80-51(37(73)30(45)66)86-43-21(10-58)78-49(84-41)35(71)28(43)64/h4-7,15,19-25,27-54,57-76H,8-14H2,1-3H3/q+1/t19-,20-,21-,22-,23-,24-,25-,27-,28-,29-,30-,31-,32-,33-,34-,35-,36-,37-,38-,39-,40?,41-,42-,43-,44-,45-,46-,47-,48-,49-,50-,51-,52-,53-,54-/m1/s1. The summed E-state index contributed by atoms with van der Waals surface area (Å²) in [6, 6.07) is 3.94. The average Bonchev–Trinajstić information content (AvgIpc) is 0.927. The molecule has 22 heterocycles. The third-order valence-corrected chi connectivity index (χ3v) is 17.6. The first-order valence-electron chi connectivity index (χ1n) is 29.4. The van der Waals surface area contributed by atoms with Crippen LogP contribution in [0.2, 0.25) is 0 Å². The molecule has 35 atom stereocenters. The highest BCUT2D eigenvalue weighted by atomic mass is 16.8. The van der Waals surface area contributed by atoms with E-state index in [1.807, 2.05) is 32.9 Å². The minimum atomic E-state index is -2.21. The maximum absolute atomic E-state index is 12.0. The third kappa shape index (κ3) is 13.6. The normalized spacial score (nSPS) is 49.1. The van der Waals surface area contributed by atoms with E-state index in [9.17, 15) is 102 Å². The Balaban J connectivity index is 0.963. The van der Waals surface area contributed by atoms with Gasteiger partial charge >= 0.3 is 0 Å². The second kappa shape index (κ2) is 29.2. The summed E-state index contributed by atoms with van der Waals surface area (Å²) in [6.45, 7) is -0.774. The quantitative estimate of drug-likeness (QED) is 0.104. The molecular weight excluding hydrogens is 1220 g/mol. The van der Waals surface area contributed by atoms with Gasteiger partial charge in [-0.25, -0.2) is 9.13 Å². The molecule has 1 aromatic carbocycles. The Morgan fingerprint density at radius 3 is 0.744 bits per heavy atom. The second-order valence-corrected chi connectivity index (χ2v) is 23.7. The maximum atomic E-state index is 12.0. The number of hydrogen-bond donors (Lipinski definition) is 20. The van der Waals surface area contributed by atoms with Gasteiger partial charge in [0.25, 0.3) is 0 Å². The molecule has 1 unspecified atom stereocenters. The fraction of sp³-hybridized carbons (Fsp3) is 0.833. The van der Waals surface area contributed by atoms with Crippen molar-refractivity contribution >= 4 is 0 Å². The van der Waals surface area contributed by atoms with Crippen molar-refractivity contribution in [3.8, 4) is 5.69 Å². The van der Waals surface area contributed by atoms with Crippen molar-refractivity contribution in [3.05, 3.63) is 47.5 Å². The van der Waals surface area contributed by atoms with Gasteiger partial charge in [0.15, 0.2) is 44.0 Å². The molecule has 0 saturated carbocycles. The second-order valence-electron chi connectivity index (χ2n) is 23.7. The first-order chi connectivity index (χ1) is 42.9. The molecule has 36 nitrogen and oxygen atoms in total. The van der Waals surface area contributed by atoms with Gasteiger partial charge in [-0.05, 0) is 31.9 Å². The molecule has 1 aromatic heterocycles. The van der Waals surface area contributed by atoms with Crippen molar-refractivity contribution < 1.29 is 173 Å². The van der Waals surface area contributed by atoms with E-state index in [0.29, 0.717) is 0 Å². The topological polar surface area (TPSA) is 543 Å². The molecule has 2 aromatic rings. The van der Waals surface area contributed by atoms with Gasteiger partial charge in [-0.1, -0.05) is 17.7 Å². The van der Waals surface area contributed by atoms with Crippen LogP contribution in [0.25, 0.3) is 5.69 Å². The fourth-order valence-corrected chi connectivity index (χ4v) is 12.8. The number of hydrogen-bond acceptors (Lipinski definition) is 34. The van der Waals surface area contributed by atoms with E-state index >= 15 is 0 Å². The van der Waals surface area contributed by atoms with Crippen molar-refractivity contribution in [2.75, 3.05) is 39.6 Å². The Bertz CT molecular complexity index is 2590. The monoisotopic (exact) mass is 1300 g/mol. The van der Waals surface area contributed by atoms with Gasteiger partial charge in [0.2, 0.25) is 6.33 Å². The molecule has 90 heavy (non-hydrogen) atoms. The summed E-state index contributed by atoms with van der Waals surface area (Å²) in [5.74, 6) is 0. The van der Waals surface area contributed by atoms with E-state index in [-0.39, 0.29) is 6.54 Å². The number of benzene rings is 1. The molecule has 0 aliphatic carbocycles. The van der Waals surface area contributed by atoms with Gasteiger partial charge < -0.3 is 168 Å². The zero-order valence-electron chi connectivity index (χ0n) is 48.6. The number of nitrogens with zero attached hydrogens (tertiary/aromatic N) is 2. The lowest BCUT2D eigenvalue weighted by Crippen LogP contribution is -2.68. The number of imidazole rings is 1. The predicted octanol–water partition coefficient (Wildman–Crippen LogP) is -12.5. The Hall–Kier alpha value is -2.93. The third-order valence-electron chi connectivity index (χ3n) is 17.6. The summed E-state index contributed by atoms with van der Waals surface area (Å²) in [5, 5.41) is 225. The fourth-order valence-electron chi connectivity index (χ4n) is 12.8. The molecule has 23 rings (SSSR count). The molecule has 0 radical (unpaired) electrons. The number of aromatic nitrogens is 2. The molecule has 21 aliphatic rings. The van der Waals surface area contributed by atoms with Gasteiger partial charge in [0.05, 0.1) is 39.6 Å². The first kappa shape index (κ1) is 69.9. The number of rotatable bonds is 9. The molecule has 36 heteroatoms. The van der Waals surface area contributed by atoms with Crippen LogP contribution in [0.5, 0.6) is 0 Å². The van der Waals surface area contributed by atoms with Gasteiger partial charge in [-0.2, -0.15) is 0 Å². The van der Waals surface area contributed by atoms with E-state index in [1.165, 1.54) is 0 Å². The van der Waals surface area contributed by atoms with Crippen LogP contribution in [0.3, 0.4) is 0 Å². The smallest absolute Gasteiger partial charge is 0.249 e. The summed E-state index contributed by atoms with van der Waals surface area (Å²) in [4.78, 5) is 0. The van der Waals surface area contributed by atoms with E-state index < -0.39 is 255 Å². The van der Waals surface area contributed by atoms with Crippen molar-refractivity contribution in [2.24, 2.45) is 0 Å². The maximum Gasteiger partial charge on any atom is 0.249 e. The minimum absolute atomic E-state index is 0.286. The van der Waals surface area contributed by atoms with Crippen LogP contribution in [0.1, 0.15) is 16.7 Å². The highest BCUT2D eigenvalue weighted by molar-refractivity contribution is 5.48. The van der Waals surface area contributed by atoms with Gasteiger partial charge in [-0.15, -0.1) is 0 Å². The minimum Gasteiger partial charge on any atom is -0.394 e. The zero-order valence-corrected chi connectivity index (χ0v) is 48.6. The Kier molecular flexibility index (Phi) is 22.7. The number of aliphatic hydroxyl groups is 20. The molecule has 0 amide bonds. The summed E-state index contributed by atoms with van der Waals surface area (Å²) in [7, 11) is 0. The van der Waals surface area contributed by atoms with Crippen molar-refractivity contribution in [1.29, 1.82) is 0 Å². The largest absolute Gasteiger partial charge is 0.394 e. The van der Waals surface area contributed by atoms with Crippen molar-refractivity contribution in [3.63, 3.8) is 0 Å². The van der Waals surface area contributed by atoms with E-state index in [1.54, 1.807) is 27.9 Å². The van der Waals surface area contributed by atoms with Crippen LogP contribution in [-0.4, -0.2) is 361 Å². The van der Waals surface area contributed by atoms with E-state index in [4.69, 9.17) is 66.3 Å². The van der Waals surface area contributed by atoms with E-state index in [2.05, 4.69) is 0 Å². The molecule has 512 valence electrons. The SMILES string of the molecule is Cc1cc(C)c(-n2cc[n+](C[C@H]3O[C@@H]4O[C@H]5[C@H](O)[C@@H](O)[C@@H](O[C@H]6[C@H](O)[C@@H](O)[C@@H](O[C@H]7[C@H](O)C(O)[C@@H](O[C@H]8[C@H](O)[C@@H](O)[C@@H](O[C@H]9[C@H](O)[C@@H](O)[C@@H](O[C@H]%10[C@H](O)[C@@H](O)[C@@H](O[C@H]3[C@H](O)[C@H]4O)O[C@@H]%10CO)O[C@@H]9CO)O[C@@H]8CO)O[C@@H]7CO)O[C@@H]6CO)O[C@@H]5CO)c2)c(C)c1. The molecule has 0 spiro atoms. The summed E-state index contributed by atoms with van der Waals surface area (Å²) in [5.41, 5.74) is 3.63. The molecule has 21 saturated heterocycles. The summed E-state index contributed by atoms with van der Waals surface area (Å²) >= 11 is 0. The zero-order chi connectivity index (χ0) is 65.1. The van der Waals surface area contributed by atoms with Crippen LogP contribution in [0.4, 0.5) is 0 Å². The van der Waals surface area contributed by atoms with Crippen LogP contribution >= 0.6 is 0 Å². The van der Waals surface area contributed by atoms with Crippen molar-refractivity contribution in [2.45, 2.75) is 242 Å². The highest BCUT2D eigenvalue weighted by Gasteiger charge is 2.60. The van der Waals surface area contributed by atoms with Crippen molar-refractivity contribution in [1.82, 2.24) is 4.57 Å². The molecule has 20 N–H and O–H groups in total. The number of aliphatic hydroxyl groups excluding tert-OH is 20. The molecular formula is C54H83N2O34+. The van der Waals surface area contributed by atoms with Crippen LogP contribution < -0.4 is 4.57 Å². The highest BCUT2D eigenvalue weighted by Crippen LogP contribution is 2.39. The molecule has 21 fully saturated rings. The summed E-state index contributed by atoms with van der Waals surface area (Å²) in [6.07, 6.45) is -64.8. The van der Waals surface area contributed by atoms with Crippen LogP contribution in [0.15, 0.2) is 30.9 Å². The lowest BCUT2D eigenvalue weighted by Gasteiger charge is -2.50. The average molecular weight is 1300 g/mol. The molecule has 14 bridgehead atoms. The van der Waals surface area contributed by atoms with E-state index in [0.717, 1.165) is 22.4 Å². The Labute approximate surface area is 511 Å². The Morgan fingerprint density at radius 1 is 0.311 bits per heavy atom. The van der Waals surface area contributed by atoms with Gasteiger partial charge in [0, 0.05) is 0 Å². The first-order valence-corrected chi connectivity index (χ1v) is 29.4. The number of ether oxygens (including phenoxy) is 14. The lowest BCUT2D eigenvalue weighted by atomic mass is 9.95.